The summed E-state index contributed by atoms with van der Waals surface area (Å²) in [5.41, 5.74) is 0.406. The predicted molar refractivity (Wildman–Crippen MR) is 81.0 cm³/mol. The lowest BCUT2D eigenvalue weighted by Crippen LogP contribution is -2.20. The van der Waals surface area contributed by atoms with Crippen LogP contribution in [0.4, 0.5) is 8.78 Å². The number of benzene rings is 1. The molecule has 0 bridgehead atoms. The van der Waals surface area contributed by atoms with Crippen molar-refractivity contribution in [3.05, 3.63) is 58.7 Å². The van der Waals surface area contributed by atoms with E-state index in [4.69, 9.17) is 0 Å². The highest BCUT2D eigenvalue weighted by atomic mass is 79.9. The molecule has 114 valence electrons. The van der Waals surface area contributed by atoms with Crippen LogP contribution in [0.15, 0.2) is 47.3 Å². The van der Waals surface area contributed by atoms with Crippen LogP contribution in [-0.4, -0.2) is 29.8 Å². The van der Waals surface area contributed by atoms with Crippen LogP contribution >= 0.6 is 15.9 Å². The molecule has 0 N–H and O–H groups in total. The maximum atomic E-state index is 14.9. The van der Waals surface area contributed by atoms with E-state index in [1.54, 1.807) is 18.3 Å². The summed E-state index contributed by atoms with van der Waals surface area (Å²) in [4.78, 5) is 8.02. The lowest BCUT2D eigenvalue weighted by molar-refractivity contribution is 0.0307. The Hall–Kier alpha value is -2.55. The van der Waals surface area contributed by atoms with Crippen LogP contribution in [-0.2, 0) is 5.92 Å². The van der Waals surface area contributed by atoms with E-state index in [1.165, 1.54) is 24.5 Å². The third-order valence-electron chi connectivity index (χ3n) is 3.35. The van der Waals surface area contributed by atoms with Gasteiger partial charge in [0.2, 0.25) is 5.82 Å². The Balaban J connectivity index is 1.90. The van der Waals surface area contributed by atoms with Gasteiger partial charge < -0.3 is 0 Å². The van der Waals surface area contributed by atoms with E-state index in [0.717, 1.165) is 4.52 Å². The van der Waals surface area contributed by atoms with Gasteiger partial charge in [-0.05, 0) is 34.1 Å². The van der Waals surface area contributed by atoms with Gasteiger partial charge in [-0.2, -0.15) is 18.4 Å². The fraction of sp³-hybridized carbons (Fsp3) is 0.0714. The summed E-state index contributed by atoms with van der Waals surface area (Å²) in [5, 5.41) is 11.6. The van der Waals surface area contributed by atoms with E-state index in [0.29, 0.717) is 15.4 Å². The molecule has 0 unspecified atom stereocenters. The van der Waals surface area contributed by atoms with Gasteiger partial charge in [-0.3, -0.25) is 4.98 Å². The zero-order valence-corrected chi connectivity index (χ0v) is 12.9. The first-order valence-corrected chi connectivity index (χ1v) is 7.31. The van der Waals surface area contributed by atoms with Crippen LogP contribution in [0.2, 0.25) is 0 Å². The predicted octanol–water partition coefficient (Wildman–Crippen LogP) is 2.97. The van der Waals surface area contributed by atoms with Crippen LogP contribution in [0.3, 0.4) is 0 Å². The number of hydrogen-bond acceptors (Lipinski definition) is 5. The number of halogens is 3. The molecule has 0 saturated carbocycles. The van der Waals surface area contributed by atoms with E-state index in [-0.39, 0.29) is 11.3 Å². The fourth-order valence-electron chi connectivity index (χ4n) is 2.28. The summed E-state index contributed by atoms with van der Waals surface area (Å²) >= 11 is 3.28. The number of rotatable bonds is 2. The van der Waals surface area contributed by atoms with E-state index in [9.17, 15) is 8.78 Å². The van der Waals surface area contributed by atoms with Gasteiger partial charge in [0.05, 0.1) is 17.9 Å². The number of pyridine rings is 1. The van der Waals surface area contributed by atoms with Crippen molar-refractivity contribution in [3.63, 3.8) is 0 Å². The molecule has 3 aromatic heterocycles. The molecule has 0 aliphatic heterocycles. The standard InChI is InChI=1S/C14H7BrF2N6/c15-10-6-8-5-9(1-2-11(8)19-7-10)14(16,17)12-21-22-13-18-3-4-20-23(12)13/h1-7H. The Morgan fingerprint density at radius 2 is 1.91 bits per heavy atom. The summed E-state index contributed by atoms with van der Waals surface area (Å²) in [6, 6.07) is 5.97. The highest BCUT2D eigenvalue weighted by Gasteiger charge is 2.40. The summed E-state index contributed by atoms with van der Waals surface area (Å²) in [6.07, 6.45) is 4.28. The lowest BCUT2D eigenvalue weighted by atomic mass is 10.0. The molecular formula is C14H7BrF2N6. The number of hydrogen-bond donors (Lipinski definition) is 0. The molecule has 4 aromatic rings. The third-order valence-corrected chi connectivity index (χ3v) is 3.79. The average molecular weight is 377 g/mol. The quantitative estimate of drug-likeness (QED) is 0.537. The smallest absolute Gasteiger partial charge is 0.255 e. The molecule has 0 saturated heterocycles. The maximum Gasteiger partial charge on any atom is 0.333 e. The van der Waals surface area contributed by atoms with Gasteiger partial charge >= 0.3 is 5.92 Å². The van der Waals surface area contributed by atoms with Crippen LogP contribution in [0.25, 0.3) is 16.7 Å². The Morgan fingerprint density at radius 3 is 2.78 bits per heavy atom. The van der Waals surface area contributed by atoms with E-state index in [2.05, 4.69) is 41.2 Å². The van der Waals surface area contributed by atoms with Gasteiger partial charge in [0.25, 0.3) is 5.78 Å². The van der Waals surface area contributed by atoms with Gasteiger partial charge in [0, 0.05) is 21.6 Å². The molecule has 0 radical (unpaired) electrons. The topological polar surface area (TPSA) is 68.9 Å². The molecule has 0 aliphatic carbocycles. The third kappa shape index (κ3) is 2.24. The van der Waals surface area contributed by atoms with Crippen LogP contribution < -0.4 is 0 Å². The van der Waals surface area contributed by atoms with Gasteiger partial charge in [-0.25, -0.2) is 4.98 Å². The summed E-state index contributed by atoms with van der Waals surface area (Å²) in [7, 11) is 0. The highest BCUT2D eigenvalue weighted by molar-refractivity contribution is 9.10. The zero-order chi connectivity index (χ0) is 16.0. The van der Waals surface area contributed by atoms with Crippen molar-refractivity contribution in [1.29, 1.82) is 0 Å². The van der Waals surface area contributed by atoms with E-state index >= 15 is 0 Å². The SMILES string of the molecule is FC(F)(c1ccc2ncc(Br)cc2c1)c1nnc2nccnn12. The minimum Gasteiger partial charge on any atom is -0.255 e. The van der Waals surface area contributed by atoms with Gasteiger partial charge in [-0.15, -0.1) is 10.2 Å². The minimum atomic E-state index is -3.37. The van der Waals surface area contributed by atoms with Crippen LogP contribution in [0.5, 0.6) is 0 Å². The normalized spacial score (nSPS) is 12.1. The molecule has 1 aromatic carbocycles. The summed E-state index contributed by atoms with van der Waals surface area (Å²) in [5.74, 6) is -3.93. The molecule has 23 heavy (non-hydrogen) atoms. The van der Waals surface area contributed by atoms with Crippen molar-refractivity contribution in [3.8, 4) is 0 Å². The van der Waals surface area contributed by atoms with Crippen molar-refractivity contribution in [2.75, 3.05) is 0 Å². The number of aromatic nitrogens is 6. The molecule has 9 heteroatoms. The molecule has 6 nitrogen and oxygen atoms in total. The first-order valence-electron chi connectivity index (χ1n) is 6.52. The Bertz CT molecular complexity index is 1030. The minimum absolute atomic E-state index is 0.0207. The zero-order valence-electron chi connectivity index (χ0n) is 11.4. The monoisotopic (exact) mass is 376 g/mol. The number of alkyl halides is 2. The molecule has 0 aliphatic rings. The highest BCUT2D eigenvalue weighted by Crippen LogP contribution is 2.35. The van der Waals surface area contributed by atoms with Crippen molar-refractivity contribution in [1.82, 2.24) is 29.8 Å². The lowest BCUT2D eigenvalue weighted by Gasteiger charge is -2.14. The molecular weight excluding hydrogens is 370 g/mol. The first kappa shape index (κ1) is 14.1. The number of nitrogens with zero attached hydrogens (tertiary/aromatic N) is 6. The van der Waals surface area contributed by atoms with E-state index in [1.807, 2.05) is 0 Å². The maximum absolute atomic E-state index is 14.9. The van der Waals surface area contributed by atoms with Crippen molar-refractivity contribution in [2.45, 2.75) is 5.92 Å². The Labute approximate surface area is 136 Å². The Morgan fingerprint density at radius 1 is 1.04 bits per heavy atom. The van der Waals surface area contributed by atoms with Crippen LogP contribution in [0, 0.1) is 0 Å². The second kappa shape index (κ2) is 4.98. The Kier molecular flexibility index (Phi) is 3.05. The number of fused-ring (bicyclic) bond motifs is 2. The second-order valence-corrected chi connectivity index (χ2v) is 5.73. The molecule has 0 amide bonds. The van der Waals surface area contributed by atoms with Crippen LogP contribution in [0.1, 0.15) is 11.4 Å². The van der Waals surface area contributed by atoms with Crippen molar-refractivity contribution < 1.29 is 8.78 Å². The van der Waals surface area contributed by atoms with Crippen molar-refractivity contribution in [2.24, 2.45) is 0 Å². The van der Waals surface area contributed by atoms with Crippen molar-refractivity contribution >= 4 is 32.6 Å². The van der Waals surface area contributed by atoms with Gasteiger partial charge in [-0.1, -0.05) is 6.07 Å². The fourth-order valence-corrected chi connectivity index (χ4v) is 2.63. The second-order valence-electron chi connectivity index (χ2n) is 4.81. The molecule has 3 heterocycles. The molecule has 0 atom stereocenters. The summed E-state index contributed by atoms with van der Waals surface area (Å²) in [6.45, 7) is 0. The largest absolute Gasteiger partial charge is 0.333 e. The average Bonchev–Trinajstić information content (AvgIpc) is 2.99. The van der Waals surface area contributed by atoms with Gasteiger partial charge in [0.15, 0.2) is 0 Å². The molecule has 0 fully saturated rings. The van der Waals surface area contributed by atoms with E-state index < -0.39 is 11.7 Å². The molecule has 0 spiro atoms. The first-order chi connectivity index (χ1) is 11.1. The van der Waals surface area contributed by atoms with Gasteiger partial charge in [0.1, 0.15) is 0 Å². The summed E-state index contributed by atoms with van der Waals surface area (Å²) < 4.78 is 31.4. The molecule has 4 rings (SSSR count).